The van der Waals surface area contributed by atoms with Crippen molar-refractivity contribution in [3.8, 4) is 0 Å². The number of carbonyl (C=O) groups excluding carboxylic acids is 3. The molecule has 24 heavy (non-hydrogen) atoms. The van der Waals surface area contributed by atoms with E-state index in [1.807, 2.05) is 6.92 Å². The molecule has 0 spiro atoms. The first-order valence-corrected chi connectivity index (χ1v) is 8.86. The average Bonchev–Trinajstić information content (AvgIpc) is 2.89. The molecule has 10 heteroatoms. The number of hydrogen-bond acceptors (Lipinski definition) is 8. The minimum atomic E-state index is -0.949. The van der Waals surface area contributed by atoms with Crippen LogP contribution in [0.5, 0.6) is 0 Å². The lowest BCUT2D eigenvalue weighted by atomic mass is 10.3. The molecule has 2 aliphatic rings. The second-order valence-corrected chi connectivity index (χ2v) is 7.70. The van der Waals surface area contributed by atoms with E-state index in [0.29, 0.717) is 16.9 Å². The number of esters is 1. The largest absolute Gasteiger partial charge is 0.441 e. The smallest absolute Gasteiger partial charge is 0.304 e. The first kappa shape index (κ1) is 18.5. The SMILES string of the molecule is C=C(C)CN1C(=O)C(C)S/C1=N/N=C1/SC(OC(C)=O)C(=O)N1C. The molecule has 2 amide bonds. The summed E-state index contributed by atoms with van der Waals surface area (Å²) in [6.07, 6.45) is 0. The molecule has 2 aliphatic heterocycles. The average molecular weight is 370 g/mol. The molecule has 0 N–H and O–H groups in total. The highest BCUT2D eigenvalue weighted by Gasteiger charge is 2.39. The molecule has 2 heterocycles. The van der Waals surface area contributed by atoms with Crippen LogP contribution in [0, 0.1) is 0 Å². The molecule has 0 saturated carbocycles. The highest BCUT2D eigenvalue weighted by Crippen LogP contribution is 2.30. The summed E-state index contributed by atoms with van der Waals surface area (Å²) in [5.41, 5.74) is -0.120. The molecule has 0 bridgehead atoms. The summed E-state index contributed by atoms with van der Waals surface area (Å²) in [6.45, 7) is 9.04. The molecule has 0 radical (unpaired) electrons. The van der Waals surface area contributed by atoms with Gasteiger partial charge in [-0.25, -0.2) is 0 Å². The first-order chi connectivity index (χ1) is 11.2. The van der Waals surface area contributed by atoms with Crippen LogP contribution in [0.15, 0.2) is 22.4 Å². The van der Waals surface area contributed by atoms with Gasteiger partial charge in [-0.3, -0.25) is 24.2 Å². The molecule has 0 aromatic rings. The number of thioether (sulfide) groups is 2. The highest BCUT2D eigenvalue weighted by atomic mass is 32.2. The zero-order valence-electron chi connectivity index (χ0n) is 13.8. The topological polar surface area (TPSA) is 91.6 Å². The summed E-state index contributed by atoms with van der Waals surface area (Å²) in [4.78, 5) is 37.9. The van der Waals surface area contributed by atoms with Crippen LogP contribution in [0.1, 0.15) is 20.8 Å². The number of likely N-dealkylation sites (N-methyl/N-ethyl adjacent to an activating group) is 1. The van der Waals surface area contributed by atoms with Crippen molar-refractivity contribution >= 4 is 51.6 Å². The summed E-state index contributed by atoms with van der Waals surface area (Å²) in [5.74, 6) is -0.972. The number of amides is 2. The normalized spacial score (nSPS) is 27.5. The number of amidine groups is 2. The van der Waals surface area contributed by atoms with E-state index >= 15 is 0 Å². The van der Waals surface area contributed by atoms with Gasteiger partial charge in [-0.05, 0) is 25.6 Å². The number of nitrogens with zero attached hydrogens (tertiary/aromatic N) is 4. The van der Waals surface area contributed by atoms with Crippen molar-refractivity contribution in [2.24, 2.45) is 10.2 Å². The lowest BCUT2D eigenvalue weighted by Crippen LogP contribution is -2.32. The van der Waals surface area contributed by atoms with Gasteiger partial charge in [-0.15, -0.1) is 10.2 Å². The van der Waals surface area contributed by atoms with Gasteiger partial charge >= 0.3 is 5.97 Å². The van der Waals surface area contributed by atoms with Gasteiger partial charge in [0, 0.05) is 20.5 Å². The van der Waals surface area contributed by atoms with Gasteiger partial charge < -0.3 is 4.74 Å². The quantitative estimate of drug-likeness (QED) is 0.420. The number of rotatable bonds is 4. The fraction of sp³-hybridized carbons (Fsp3) is 0.500. The molecular formula is C14H18N4O4S2. The van der Waals surface area contributed by atoms with E-state index < -0.39 is 11.4 Å². The van der Waals surface area contributed by atoms with Crippen LogP contribution in [0.2, 0.25) is 0 Å². The van der Waals surface area contributed by atoms with Crippen LogP contribution in [0.25, 0.3) is 0 Å². The van der Waals surface area contributed by atoms with E-state index in [2.05, 4.69) is 16.8 Å². The molecule has 2 saturated heterocycles. The van der Waals surface area contributed by atoms with Crippen LogP contribution in [0.3, 0.4) is 0 Å². The highest BCUT2D eigenvalue weighted by molar-refractivity contribution is 8.16. The maximum absolute atomic E-state index is 12.1. The van der Waals surface area contributed by atoms with Crippen molar-refractivity contribution in [2.45, 2.75) is 31.5 Å². The van der Waals surface area contributed by atoms with Gasteiger partial charge in [-0.2, -0.15) is 0 Å². The Balaban J connectivity index is 2.19. The van der Waals surface area contributed by atoms with Crippen LogP contribution >= 0.6 is 23.5 Å². The van der Waals surface area contributed by atoms with Crippen molar-refractivity contribution in [1.29, 1.82) is 0 Å². The van der Waals surface area contributed by atoms with E-state index in [0.717, 1.165) is 17.3 Å². The monoisotopic (exact) mass is 370 g/mol. The minimum absolute atomic E-state index is 0.0526. The van der Waals surface area contributed by atoms with Crippen LogP contribution in [0.4, 0.5) is 0 Å². The fourth-order valence-electron chi connectivity index (χ4n) is 1.96. The van der Waals surface area contributed by atoms with Gasteiger partial charge in [0.1, 0.15) is 0 Å². The zero-order valence-corrected chi connectivity index (χ0v) is 15.4. The predicted octanol–water partition coefficient (Wildman–Crippen LogP) is 1.25. The lowest BCUT2D eigenvalue weighted by molar-refractivity contribution is -0.149. The standard InChI is InChI=1S/C14H18N4O4S2/c1-7(2)6-18-10(20)8(3)23-14(18)16-15-13-17(5)11(21)12(24-13)22-9(4)19/h8,12H,1,6H2,2-5H3/b15-13+,16-14+. The fourth-order valence-corrected chi connectivity index (χ4v) is 3.84. The maximum Gasteiger partial charge on any atom is 0.304 e. The van der Waals surface area contributed by atoms with Gasteiger partial charge in [0.05, 0.1) is 5.25 Å². The van der Waals surface area contributed by atoms with E-state index in [4.69, 9.17) is 4.74 Å². The Bertz CT molecular complexity index is 661. The molecule has 2 unspecified atom stereocenters. The second-order valence-electron chi connectivity index (χ2n) is 5.36. The maximum atomic E-state index is 12.1. The minimum Gasteiger partial charge on any atom is -0.441 e. The Morgan fingerprint density at radius 2 is 1.83 bits per heavy atom. The molecule has 0 aromatic carbocycles. The number of hydrogen-bond donors (Lipinski definition) is 0. The summed E-state index contributed by atoms with van der Waals surface area (Å²) in [7, 11) is 1.53. The first-order valence-electron chi connectivity index (χ1n) is 7.10. The molecule has 130 valence electrons. The number of carbonyl (C=O) groups is 3. The summed E-state index contributed by atoms with van der Waals surface area (Å²) in [6, 6.07) is 0. The molecular weight excluding hydrogens is 352 g/mol. The Morgan fingerprint density at radius 3 is 2.42 bits per heavy atom. The van der Waals surface area contributed by atoms with Crippen molar-refractivity contribution in [1.82, 2.24) is 9.80 Å². The van der Waals surface area contributed by atoms with Gasteiger partial charge in [0.2, 0.25) is 11.3 Å². The third-order valence-corrected chi connectivity index (χ3v) is 5.23. The van der Waals surface area contributed by atoms with E-state index in [1.54, 1.807) is 6.92 Å². The Labute approximate surface area is 148 Å². The van der Waals surface area contributed by atoms with Crippen LogP contribution < -0.4 is 0 Å². The Morgan fingerprint density at radius 1 is 1.21 bits per heavy atom. The van der Waals surface area contributed by atoms with Crippen molar-refractivity contribution in [3.63, 3.8) is 0 Å². The Kier molecular flexibility index (Phi) is 5.70. The van der Waals surface area contributed by atoms with Crippen LogP contribution in [-0.2, 0) is 19.1 Å². The van der Waals surface area contributed by atoms with Crippen molar-refractivity contribution < 1.29 is 19.1 Å². The van der Waals surface area contributed by atoms with Crippen LogP contribution in [-0.4, -0.2) is 62.2 Å². The second kappa shape index (κ2) is 7.39. The van der Waals surface area contributed by atoms with Crippen molar-refractivity contribution in [3.05, 3.63) is 12.2 Å². The zero-order chi connectivity index (χ0) is 18.0. The third-order valence-electron chi connectivity index (χ3n) is 3.08. The molecule has 8 nitrogen and oxygen atoms in total. The van der Waals surface area contributed by atoms with E-state index in [9.17, 15) is 14.4 Å². The summed E-state index contributed by atoms with van der Waals surface area (Å²) >= 11 is 2.30. The third kappa shape index (κ3) is 3.99. The lowest BCUT2D eigenvalue weighted by Gasteiger charge is -2.15. The van der Waals surface area contributed by atoms with E-state index in [-0.39, 0.29) is 17.1 Å². The van der Waals surface area contributed by atoms with Gasteiger partial charge in [0.25, 0.3) is 5.91 Å². The predicted molar refractivity (Wildman–Crippen MR) is 94.4 cm³/mol. The molecule has 0 aromatic heterocycles. The molecule has 2 rings (SSSR count). The number of ether oxygens (including phenoxy) is 1. The van der Waals surface area contributed by atoms with Gasteiger partial charge in [0.15, 0.2) is 10.3 Å². The summed E-state index contributed by atoms with van der Waals surface area (Å²) in [5, 5.41) is 8.70. The molecule has 2 fully saturated rings. The van der Waals surface area contributed by atoms with E-state index in [1.165, 1.54) is 35.5 Å². The van der Waals surface area contributed by atoms with Crippen molar-refractivity contribution in [2.75, 3.05) is 13.6 Å². The Hall–Kier alpha value is -1.81. The summed E-state index contributed by atoms with van der Waals surface area (Å²) < 4.78 is 4.93. The van der Waals surface area contributed by atoms with Gasteiger partial charge in [-0.1, -0.05) is 23.9 Å². The molecule has 2 atom stereocenters. The molecule has 0 aliphatic carbocycles.